The molecule has 57 heavy (non-hydrogen) atoms. The number of amides is 4. The number of hydrogen-bond acceptors (Lipinski definition) is 11. The number of fused-ring (bicyclic) bond motifs is 3. The van der Waals surface area contributed by atoms with E-state index in [1.54, 1.807) is 13.2 Å². The summed E-state index contributed by atoms with van der Waals surface area (Å²) in [6.45, 7) is 11.2. The Morgan fingerprint density at radius 3 is 2.49 bits per heavy atom. The molecule has 3 N–H and O–H groups in total. The van der Waals surface area contributed by atoms with Crippen molar-refractivity contribution in [2.24, 2.45) is 11.3 Å². The lowest BCUT2D eigenvalue weighted by molar-refractivity contribution is -0.144. The van der Waals surface area contributed by atoms with E-state index >= 15 is 0 Å². The molecule has 2 saturated carbocycles. The molecule has 1 aromatic carbocycles. The van der Waals surface area contributed by atoms with Crippen LogP contribution in [0.4, 0.5) is 10.6 Å². The van der Waals surface area contributed by atoms with Crippen LogP contribution in [0, 0.1) is 11.3 Å². The topological polar surface area (TPSA) is 186 Å². The third-order valence-electron chi connectivity index (χ3n) is 12.3. The highest BCUT2D eigenvalue weighted by molar-refractivity contribution is 7.91. The van der Waals surface area contributed by atoms with Crippen molar-refractivity contribution < 1.29 is 41.8 Å². The highest BCUT2D eigenvalue weighted by Gasteiger charge is 2.56. The smallest absolute Gasteiger partial charge is 0.407 e. The number of nitrogens with one attached hydrogen (secondary N) is 3. The van der Waals surface area contributed by atoms with Crippen molar-refractivity contribution in [1.29, 1.82) is 0 Å². The number of alkyl carbamates (subject to hydrolysis) is 1. The highest BCUT2D eigenvalue weighted by atomic mass is 32.2. The molecular weight excluding hydrogens is 753 g/mol. The second-order valence-electron chi connectivity index (χ2n) is 17.2. The number of carbonyl (C=O) groups is 4. The maximum absolute atomic E-state index is 14.5. The number of cyclic esters (lactones) is 1. The molecule has 4 fully saturated rings. The first kappa shape index (κ1) is 40.6. The van der Waals surface area contributed by atoms with Crippen LogP contribution < -0.4 is 29.7 Å². The fourth-order valence-electron chi connectivity index (χ4n) is 8.59. The van der Waals surface area contributed by atoms with Gasteiger partial charge in [0, 0.05) is 42.9 Å². The largest absolute Gasteiger partial charge is 0.496 e. The zero-order valence-electron chi connectivity index (χ0n) is 33.4. The van der Waals surface area contributed by atoms with Gasteiger partial charge in [0.2, 0.25) is 21.8 Å². The average Bonchev–Trinajstić information content (AvgIpc) is 3.96. The maximum atomic E-state index is 14.5. The molecule has 0 spiro atoms. The van der Waals surface area contributed by atoms with E-state index in [0.29, 0.717) is 42.7 Å². The minimum Gasteiger partial charge on any atom is -0.496 e. The minimum atomic E-state index is -3.91. The van der Waals surface area contributed by atoms with Gasteiger partial charge in [0.15, 0.2) is 0 Å². The molecule has 0 radical (unpaired) electrons. The summed E-state index contributed by atoms with van der Waals surface area (Å²) in [5.74, 6) is -0.489. The Hall–Kier alpha value is -4.60. The van der Waals surface area contributed by atoms with Crippen molar-refractivity contribution in [1.82, 2.24) is 25.2 Å². The zero-order valence-corrected chi connectivity index (χ0v) is 34.3. The molecule has 310 valence electrons. The summed E-state index contributed by atoms with van der Waals surface area (Å²) in [6.07, 6.45) is 7.27. The number of methoxy groups -OCH3 is 1. The Bertz CT molecular complexity index is 2030. The number of hydrogen-bond donors (Lipinski definition) is 3. The van der Waals surface area contributed by atoms with Crippen molar-refractivity contribution in [2.75, 3.05) is 38.3 Å². The summed E-state index contributed by atoms with van der Waals surface area (Å²) < 4.78 is 46.2. The molecule has 4 amide bonds. The van der Waals surface area contributed by atoms with Gasteiger partial charge in [-0.1, -0.05) is 19.9 Å². The lowest BCUT2D eigenvalue weighted by atomic mass is 9.66. The van der Waals surface area contributed by atoms with E-state index in [-0.39, 0.29) is 31.4 Å². The number of aromatic nitrogens is 1. The van der Waals surface area contributed by atoms with Crippen LogP contribution in [0.2, 0.25) is 0 Å². The Morgan fingerprint density at radius 1 is 1.07 bits per heavy atom. The highest BCUT2D eigenvalue weighted by Crippen LogP contribution is 2.42. The van der Waals surface area contributed by atoms with Crippen LogP contribution in [-0.2, 0) is 35.6 Å². The Labute approximate surface area is 334 Å². The second kappa shape index (κ2) is 16.0. The molecule has 2 aliphatic carbocycles. The summed E-state index contributed by atoms with van der Waals surface area (Å²) in [5, 5.41) is 5.66. The van der Waals surface area contributed by atoms with E-state index < -0.39 is 68.7 Å². The first-order valence-corrected chi connectivity index (χ1v) is 21.9. The first-order chi connectivity index (χ1) is 27.1. The van der Waals surface area contributed by atoms with E-state index in [1.165, 1.54) is 11.8 Å². The number of pyridine rings is 1. The number of ether oxygens (including phenoxy) is 3. The van der Waals surface area contributed by atoms with E-state index in [4.69, 9.17) is 19.2 Å². The van der Waals surface area contributed by atoms with Crippen LogP contribution in [0.15, 0.2) is 30.9 Å². The number of nitrogens with zero attached hydrogens (tertiary/aromatic N) is 3. The normalized spacial score (nSPS) is 28.2. The fraction of sp³-hybridized carbons (Fsp3) is 0.634. The lowest BCUT2D eigenvalue weighted by Gasteiger charge is -2.47. The van der Waals surface area contributed by atoms with Crippen LogP contribution in [0.1, 0.15) is 90.5 Å². The number of carbonyl (C=O) groups excluding carboxylic acids is 4. The molecule has 15 nitrogen and oxygen atoms in total. The summed E-state index contributed by atoms with van der Waals surface area (Å²) >= 11 is 0. The van der Waals surface area contributed by atoms with E-state index in [2.05, 4.69) is 26.8 Å². The van der Waals surface area contributed by atoms with Gasteiger partial charge in [0.25, 0.3) is 5.91 Å². The van der Waals surface area contributed by atoms with Crippen LogP contribution in [0.3, 0.4) is 0 Å². The van der Waals surface area contributed by atoms with Gasteiger partial charge in [-0.3, -0.25) is 19.1 Å². The number of anilines is 1. The van der Waals surface area contributed by atoms with Gasteiger partial charge in [-0.05, 0) is 88.2 Å². The molecule has 16 heteroatoms. The van der Waals surface area contributed by atoms with Crippen molar-refractivity contribution in [2.45, 2.75) is 120 Å². The average molecular weight is 809 g/mol. The number of rotatable bonds is 8. The molecule has 1 unspecified atom stereocenters. The van der Waals surface area contributed by atoms with Gasteiger partial charge in [-0.2, -0.15) is 0 Å². The van der Waals surface area contributed by atoms with Crippen LogP contribution in [0.25, 0.3) is 10.9 Å². The maximum Gasteiger partial charge on any atom is 0.407 e. The number of aryl methyl sites for hydroxylation is 1. The standard InChI is InChI=1S/C41H56N6O9S/c1-6-27-14-16-41(27,38(50)45-57(52,53)29-12-13-29)44-36(48)32-20-28-23-47(32)37(49)25(2)42-39(51)55-24-40(3,4)15-10-11-26-19-30-31(21-33(26)54-5)43-35(22-34(30)56-28)46-17-8-7-9-18-46/h6,19,21-22,25,27-29,32H,1,7-18,20,23-24H2,2-5H3,(H,42,51)(H,44,48)(H,45,50)/t25-,27+,28+,32-,41?/m0/s1. The quantitative estimate of drug-likeness (QED) is 0.326. The molecule has 4 heterocycles. The minimum absolute atomic E-state index is 0.00294. The Kier molecular flexibility index (Phi) is 11.4. The number of piperidine rings is 1. The number of benzene rings is 1. The second-order valence-corrected chi connectivity index (χ2v) is 19.1. The predicted molar refractivity (Wildman–Crippen MR) is 213 cm³/mol. The van der Waals surface area contributed by atoms with Gasteiger partial charge >= 0.3 is 6.09 Å². The molecule has 5 atom stereocenters. The Balaban J connectivity index is 1.25. The molecule has 7 rings (SSSR count). The fourth-order valence-corrected chi connectivity index (χ4v) is 9.96. The molecule has 4 bridgehead atoms. The van der Waals surface area contributed by atoms with Gasteiger partial charge in [-0.25, -0.2) is 18.2 Å². The van der Waals surface area contributed by atoms with Crippen LogP contribution in [-0.4, -0.2) is 104 Å². The van der Waals surface area contributed by atoms with Gasteiger partial charge < -0.3 is 34.6 Å². The van der Waals surface area contributed by atoms with Crippen LogP contribution in [0.5, 0.6) is 11.5 Å². The van der Waals surface area contributed by atoms with Crippen molar-refractivity contribution in [3.05, 3.63) is 36.4 Å². The molecule has 2 aromatic rings. The van der Waals surface area contributed by atoms with E-state index in [0.717, 1.165) is 62.0 Å². The van der Waals surface area contributed by atoms with Crippen molar-refractivity contribution in [3.63, 3.8) is 0 Å². The summed E-state index contributed by atoms with van der Waals surface area (Å²) in [4.78, 5) is 64.2. The van der Waals surface area contributed by atoms with Gasteiger partial charge in [-0.15, -0.1) is 6.58 Å². The molecule has 5 aliphatic rings. The molecular formula is C41H56N6O9S. The van der Waals surface area contributed by atoms with E-state index in [1.807, 2.05) is 32.0 Å². The van der Waals surface area contributed by atoms with Gasteiger partial charge in [0.05, 0.1) is 31.0 Å². The van der Waals surface area contributed by atoms with Gasteiger partial charge in [0.1, 0.15) is 41.0 Å². The third-order valence-corrected chi connectivity index (χ3v) is 14.1. The SMILES string of the molecule is C=C[C@@H]1CCC1(NC(=O)[C@@H]1C[C@@H]2CN1C(=O)[C@H](C)NC(=O)OCC(C)(C)CCCc1cc3c(cc(N4CCCCC4)nc3cc1OC)O2)C(=O)NS(=O)(=O)C1CC1. The lowest BCUT2D eigenvalue weighted by Crippen LogP contribution is -2.70. The van der Waals surface area contributed by atoms with Crippen LogP contribution >= 0.6 is 0 Å². The zero-order chi connectivity index (χ0) is 40.7. The van der Waals surface area contributed by atoms with Crippen molar-refractivity contribution in [3.8, 4) is 11.5 Å². The van der Waals surface area contributed by atoms with Crippen molar-refractivity contribution >= 4 is 50.6 Å². The monoisotopic (exact) mass is 808 g/mol. The number of sulfonamides is 1. The van der Waals surface area contributed by atoms with E-state index in [9.17, 15) is 27.6 Å². The molecule has 3 aliphatic heterocycles. The Morgan fingerprint density at radius 2 is 1.82 bits per heavy atom. The summed E-state index contributed by atoms with van der Waals surface area (Å²) in [6, 6.07) is 3.73. The summed E-state index contributed by atoms with van der Waals surface area (Å²) in [7, 11) is -2.27. The first-order valence-electron chi connectivity index (χ1n) is 20.3. The molecule has 2 saturated heterocycles. The predicted octanol–water partition coefficient (Wildman–Crippen LogP) is 4.12. The third kappa shape index (κ3) is 8.51. The summed E-state index contributed by atoms with van der Waals surface area (Å²) in [5.41, 5.74) is -0.267. The molecule has 1 aromatic heterocycles.